The third-order valence-electron chi connectivity index (χ3n) is 3.14. The highest BCUT2D eigenvalue weighted by Crippen LogP contribution is 2.19. The van der Waals surface area contributed by atoms with Crippen molar-refractivity contribution in [2.75, 3.05) is 7.11 Å². The summed E-state index contributed by atoms with van der Waals surface area (Å²) < 4.78 is 0. The molecule has 3 nitrogen and oxygen atoms in total. The van der Waals surface area contributed by atoms with Crippen molar-refractivity contribution in [3.63, 3.8) is 0 Å². The molecule has 0 heterocycles. The Morgan fingerprint density at radius 2 is 1.57 bits per heavy atom. The van der Waals surface area contributed by atoms with Crippen molar-refractivity contribution < 1.29 is 14.7 Å². The van der Waals surface area contributed by atoms with Crippen LogP contribution < -0.4 is 0 Å². The maximum atomic E-state index is 12.4. The Kier molecular flexibility index (Phi) is 6.28. The van der Waals surface area contributed by atoms with E-state index in [9.17, 15) is 9.59 Å². The Bertz CT molecular complexity index is 646. The van der Waals surface area contributed by atoms with E-state index >= 15 is 0 Å². The quantitative estimate of drug-likeness (QED) is 0.696. The molecule has 21 heavy (non-hydrogen) atoms. The molecule has 2 aromatic carbocycles. The molecule has 0 aliphatic heterocycles. The highest BCUT2D eigenvalue weighted by molar-refractivity contribution is 6.30. The first kappa shape index (κ1) is 17.1. The maximum absolute atomic E-state index is 12.4. The van der Waals surface area contributed by atoms with Crippen molar-refractivity contribution in [3.8, 4) is 0 Å². The number of aryl methyl sites for hydroxylation is 2. The molecule has 0 aliphatic rings. The summed E-state index contributed by atoms with van der Waals surface area (Å²) in [4.78, 5) is 23.5. The molecule has 0 saturated carbocycles. The van der Waals surface area contributed by atoms with Crippen molar-refractivity contribution in [1.29, 1.82) is 0 Å². The van der Waals surface area contributed by atoms with Gasteiger partial charge in [-0.1, -0.05) is 11.6 Å². The lowest BCUT2D eigenvalue weighted by atomic mass is 9.94. The highest BCUT2D eigenvalue weighted by atomic mass is 35.5. The number of hydrogen-bond donors (Lipinski definition) is 1. The van der Waals surface area contributed by atoms with E-state index in [0.717, 1.165) is 24.5 Å². The molecule has 0 aliphatic carbocycles. The van der Waals surface area contributed by atoms with Crippen LogP contribution in [0.15, 0.2) is 36.4 Å². The second kappa shape index (κ2) is 7.72. The van der Waals surface area contributed by atoms with E-state index in [0.29, 0.717) is 21.7 Å². The van der Waals surface area contributed by atoms with E-state index < -0.39 is 0 Å². The fourth-order valence-electron chi connectivity index (χ4n) is 1.89. The summed E-state index contributed by atoms with van der Waals surface area (Å²) in [5.41, 5.74) is 3.36. The molecule has 0 radical (unpaired) electrons. The molecule has 1 N–H and O–H groups in total. The van der Waals surface area contributed by atoms with Gasteiger partial charge in [0.25, 0.3) is 0 Å². The molecule has 0 amide bonds. The lowest BCUT2D eigenvalue weighted by molar-refractivity contribution is 0.102. The molecule has 0 spiro atoms. The van der Waals surface area contributed by atoms with Crippen LogP contribution in [-0.2, 0) is 0 Å². The minimum Gasteiger partial charge on any atom is -0.400 e. The number of aldehydes is 1. The van der Waals surface area contributed by atoms with Gasteiger partial charge in [-0.05, 0) is 61.4 Å². The van der Waals surface area contributed by atoms with E-state index in [-0.39, 0.29) is 5.78 Å². The lowest BCUT2D eigenvalue weighted by Crippen LogP contribution is -2.06. The number of carbonyl (C=O) groups is 2. The van der Waals surface area contributed by atoms with Crippen LogP contribution in [0.4, 0.5) is 0 Å². The highest BCUT2D eigenvalue weighted by Gasteiger charge is 2.14. The van der Waals surface area contributed by atoms with Crippen LogP contribution in [0, 0.1) is 13.8 Å². The first-order chi connectivity index (χ1) is 10.0. The van der Waals surface area contributed by atoms with Crippen molar-refractivity contribution >= 4 is 23.7 Å². The Hall–Kier alpha value is -1.97. The monoisotopic (exact) mass is 304 g/mol. The molecular weight excluding hydrogens is 288 g/mol. The summed E-state index contributed by atoms with van der Waals surface area (Å²) >= 11 is 5.80. The maximum Gasteiger partial charge on any atom is 0.193 e. The minimum absolute atomic E-state index is 0.165. The average molecular weight is 305 g/mol. The summed E-state index contributed by atoms with van der Waals surface area (Å²) in [6.45, 7) is 3.83. The zero-order chi connectivity index (χ0) is 16.0. The van der Waals surface area contributed by atoms with Gasteiger partial charge in [0.2, 0.25) is 0 Å². The molecule has 110 valence electrons. The van der Waals surface area contributed by atoms with E-state index in [1.165, 1.54) is 0 Å². The standard InChI is InChI=1S/C16H13ClO2.CH4O/c1-10-7-13(9-18)15(8-11(10)2)16(19)12-3-5-14(17)6-4-12;1-2/h3-9H,1-2H3;2H,1H3. The normalized spacial score (nSPS) is 9.57. The summed E-state index contributed by atoms with van der Waals surface area (Å²) in [5, 5.41) is 7.58. The van der Waals surface area contributed by atoms with Crippen LogP contribution in [0.2, 0.25) is 5.02 Å². The van der Waals surface area contributed by atoms with E-state index in [2.05, 4.69) is 0 Å². The van der Waals surface area contributed by atoms with Gasteiger partial charge in [-0.15, -0.1) is 0 Å². The van der Waals surface area contributed by atoms with Crippen LogP contribution in [0.1, 0.15) is 37.4 Å². The molecule has 0 unspecified atom stereocenters. The van der Waals surface area contributed by atoms with Gasteiger partial charge >= 0.3 is 0 Å². The number of ketones is 1. The van der Waals surface area contributed by atoms with Gasteiger partial charge < -0.3 is 5.11 Å². The van der Waals surface area contributed by atoms with Gasteiger partial charge in [-0.25, -0.2) is 0 Å². The molecule has 0 atom stereocenters. The number of hydrogen-bond acceptors (Lipinski definition) is 3. The Labute approximate surface area is 129 Å². The molecule has 2 rings (SSSR count). The summed E-state index contributed by atoms with van der Waals surface area (Å²) in [6.07, 6.45) is 0.718. The number of rotatable bonds is 3. The fraction of sp³-hybridized carbons (Fsp3) is 0.176. The zero-order valence-corrected chi connectivity index (χ0v) is 12.9. The predicted octanol–water partition coefficient (Wildman–Crippen LogP) is 3.61. The summed E-state index contributed by atoms with van der Waals surface area (Å²) in [6, 6.07) is 10.2. The molecule has 2 aromatic rings. The summed E-state index contributed by atoms with van der Waals surface area (Å²) in [7, 11) is 1.00. The SMILES string of the molecule is CO.Cc1cc(C=O)c(C(=O)c2ccc(Cl)cc2)cc1C. The Balaban J connectivity index is 0.00000106. The van der Waals surface area contributed by atoms with Crippen molar-refractivity contribution in [3.05, 3.63) is 69.2 Å². The molecule has 0 aromatic heterocycles. The van der Waals surface area contributed by atoms with Crippen molar-refractivity contribution in [2.24, 2.45) is 0 Å². The second-order valence-corrected chi connectivity index (χ2v) is 4.91. The second-order valence-electron chi connectivity index (χ2n) is 4.48. The third-order valence-corrected chi connectivity index (χ3v) is 3.40. The molecule has 0 bridgehead atoms. The van der Waals surface area contributed by atoms with E-state index in [1.54, 1.807) is 36.4 Å². The van der Waals surface area contributed by atoms with Crippen LogP contribution in [-0.4, -0.2) is 24.3 Å². The van der Waals surface area contributed by atoms with Crippen molar-refractivity contribution in [2.45, 2.75) is 13.8 Å². The fourth-order valence-corrected chi connectivity index (χ4v) is 2.02. The number of halogens is 1. The molecule has 0 saturated heterocycles. The minimum atomic E-state index is -0.165. The first-order valence-electron chi connectivity index (χ1n) is 6.34. The van der Waals surface area contributed by atoms with Crippen LogP contribution in [0.3, 0.4) is 0 Å². The largest absolute Gasteiger partial charge is 0.400 e. The smallest absolute Gasteiger partial charge is 0.193 e. The van der Waals surface area contributed by atoms with Gasteiger partial charge in [0, 0.05) is 28.8 Å². The van der Waals surface area contributed by atoms with Gasteiger partial charge in [0.1, 0.15) is 0 Å². The van der Waals surface area contributed by atoms with Crippen molar-refractivity contribution in [1.82, 2.24) is 0 Å². The number of carbonyl (C=O) groups excluding carboxylic acids is 2. The van der Waals surface area contributed by atoms with E-state index in [1.807, 2.05) is 13.8 Å². The topological polar surface area (TPSA) is 54.4 Å². The van der Waals surface area contributed by atoms with Gasteiger partial charge in [0.05, 0.1) is 0 Å². The lowest BCUT2D eigenvalue weighted by Gasteiger charge is -2.08. The van der Waals surface area contributed by atoms with E-state index in [4.69, 9.17) is 16.7 Å². The molecular formula is C17H17ClO3. The van der Waals surface area contributed by atoms with Gasteiger partial charge in [-0.3, -0.25) is 9.59 Å². The number of aliphatic hydroxyl groups is 1. The first-order valence-corrected chi connectivity index (χ1v) is 6.72. The Morgan fingerprint density at radius 3 is 2.10 bits per heavy atom. The zero-order valence-electron chi connectivity index (χ0n) is 12.2. The Morgan fingerprint density at radius 1 is 1.05 bits per heavy atom. The average Bonchev–Trinajstić information content (AvgIpc) is 2.51. The molecule has 0 fully saturated rings. The predicted molar refractivity (Wildman–Crippen MR) is 84.3 cm³/mol. The number of aliphatic hydroxyl groups excluding tert-OH is 1. The molecule has 4 heteroatoms. The van der Waals surface area contributed by atoms with Gasteiger partial charge in [0.15, 0.2) is 12.1 Å². The van der Waals surface area contributed by atoms with Crippen LogP contribution in [0.5, 0.6) is 0 Å². The third kappa shape index (κ3) is 4.00. The summed E-state index contributed by atoms with van der Waals surface area (Å²) in [5.74, 6) is -0.165. The van der Waals surface area contributed by atoms with Gasteiger partial charge in [-0.2, -0.15) is 0 Å². The van der Waals surface area contributed by atoms with Crippen LogP contribution in [0.25, 0.3) is 0 Å². The number of benzene rings is 2. The van der Waals surface area contributed by atoms with Crippen LogP contribution >= 0.6 is 11.6 Å².